The zero-order valence-electron chi connectivity index (χ0n) is 12.8. The molecule has 0 fully saturated rings. The van der Waals surface area contributed by atoms with E-state index in [4.69, 9.17) is 4.55 Å². The summed E-state index contributed by atoms with van der Waals surface area (Å²) in [6.45, 7) is 11.3. The first kappa shape index (κ1) is 18.4. The van der Waals surface area contributed by atoms with Gasteiger partial charge in [0.2, 0.25) is 5.91 Å². The number of hydrogen-bond donors (Lipinski definition) is 2. The lowest BCUT2D eigenvalue weighted by molar-refractivity contribution is -0.126. The first-order valence-corrected chi connectivity index (χ1v) is 8.16. The van der Waals surface area contributed by atoms with Crippen molar-refractivity contribution in [2.45, 2.75) is 59.9 Å². The van der Waals surface area contributed by atoms with Crippen LogP contribution >= 0.6 is 0 Å². The van der Waals surface area contributed by atoms with E-state index in [0.29, 0.717) is 0 Å². The quantitative estimate of drug-likeness (QED) is 0.705. The second kappa shape index (κ2) is 6.22. The summed E-state index contributed by atoms with van der Waals surface area (Å²) in [6.07, 6.45) is 1.70. The Morgan fingerprint density at radius 1 is 1.26 bits per heavy atom. The van der Waals surface area contributed by atoms with Crippen LogP contribution in [0, 0.1) is 11.3 Å². The van der Waals surface area contributed by atoms with Gasteiger partial charge in [-0.05, 0) is 25.7 Å². The predicted molar refractivity (Wildman–Crippen MR) is 76.5 cm³/mol. The molecule has 0 radical (unpaired) electrons. The Kier molecular flexibility index (Phi) is 6.02. The van der Waals surface area contributed by atoms with Crippen LogP contribution in [-0.2, 0) is 14.9 Å². The molecule has 0 aromatic heterocycles. The lowest BCUT2D eigenvalue weighted by Crippen LogP contribution is -2.50. The molecule has 1 unspecified atom stereocenters. The van der Waals surface area contributed by atoms with Crippen molar-refractivity contribution in [1.82, 2.24) is 5.32 Å². The summed E-state index contributed by atoms with van der Waals surface area (Å²) in [4.78, 5) is 12.1. The zero-order chi connectivity index (χ0) is 15.5. The fourth-order valence-corrected chi connectivity index (χ4v) is 3.00. The van der Waals surface area contributed by atoms with Gasteiger partial charge in [-0.25, -0.2) is 0 Å². The van der Waals surface area contributed by atoms with Crippen LogP contribution in [0.25, 0.3) is 0 Å². The van der Waals surface area contributed by atoms with Crippen LogP contribution in [0.1, 0.15) is 54.4 Å². The molecule has 6 heteroatoms. The average molecular weight is 293 g/mol. The predicted octanol–water partition coefficient (Wildman–Crippen LogP) is 2.23. The van der Waals surface area contributed by atoms with E-state index in [-0.39, 0.29) is 17.2 Å². The third-order valence-corrected chi connectivity index (χ3v) is 4.35. The molecule has 0 saturated heterocycles. The Labute approximate surface area is 116 Å². The highest BCUT2D eigenvalue weighted by Gasteiger charge is 2.30. The van der Waals surface area contributed by atoms with E-state index in [1.165, 1.54) is 0 Å². The molecular formula is C13H27NO4S. The lowest BCUT2D eigenvalue weighted by atomic mass is 9.81. The van der Waals surface area contributed by atoms with Crippen molar-refractivity contribution in [3.63, 3.8) is 0 Å². The van der Waals surface area contributed by atoms with E-state index in [1.54, 1.807) is 13.8 Å². The van der Waals surface area contributed by atoms with Crippen LogP contribution in [0.15, 0.2) is 0 Å². The molecule has 0 saturated carbocycles. The summed E-state index contributed by atoms with van der Waals surface area (Å²) in [5.74, 6) is -0.874. The highest BCUT2D eigenvalue weighted by atomic mass is 32.2. The van der Waals surface area contributed by atoms with E-state index in [9.17, 15) is 13.2 Å². The summed E-state index contributed by atoms with van der Waals surface area (Å²) in [6, 6.07) is 0. The van der Waals surface area contributed by atoms with Crippen LogP contribution in [-0.4, -0.2) is 30.2 Å². The lowest BCUT2D eigenvalue weighted by Gasteiger charge is -2.30. The summed E-state index contributed by atoms with van der Waals surface area (Å²) in [5, 5.41) is 2.68. The number of rotatable bonds is 7. The van der Waals surface area contributed by atoms with Crippen molar-refractivity contribution in [3.8, 4) is 0 Å². The molecule has 1 atom stereocenters. The Bertz CT molecular complexity index is 412. The van der Waals surface area contributed by atoms with Crippen molar-refractivity contribution in [1.29, 1.82) is 0 Å². The molecule has 0 aliphatic carbocycles. The van der Waals surface area contributed by atoms with E-state index >= 15 is 0 Å². The summed E-state index contributed by atoms with van der Waals surface area (Å²) >= 11 is 0. The zero-order valence-corrected chi connectivity index (χ0v) is 13.6. The maximum absolute atomic E-state index is 12.1. The Balaban J connectivity index is 4.61. The molecule has 0 aromatic rings. The molecule has 0 bridgehead atoms. The van der Waals surface area contributed by atoms with Crippen LogP contribution in [0.4, 0.5) is 0 Å². The Morgan fingerprint density at radius 3 is 2.11 bits per heavy atom. The number of nitrogens with one attached hydrogen (secondary N) is 1. The molecule has 114 valence electrons. The summed E-state index contributed by atoms with van der Waals surface area (Å²) in [7, 11) is -4.11. The van der Waals surface area contributed by atoms with Gasteiger partial charge < -0.3 is 5.32 Å². The van der Waals surface area contributed by atoms with Crippen LogP contribution < -0.4 is 5.32 Å². The average Bonchev–Trinajstić information content (AvgIpc) is 2.12. The minimum absolute atomic E-state index is 0.0734. The van der Waals surface area contributed by atoms with Gasteiger partial charge in [-0.3, -0.25) is 9.35 Å². The topological polar surface area (TPSA) is 83.5 Å². The molecule has 19 heavy (non-hydrogen) atoms. The van der Waals surface area contributed by atoms with Crippen molar-refractivity contribution in [2.75, 3.05) is 5.75 Å². The van der Waals surface area contributed by atoms with Crippen LogP contribution in [0.2, 0.25) is 0 Å². The van der Waals surface area contributed by atoms with Gasteiger partial charge in [0.05, 0.1) is 11.3 Å². The third kappa shape index (κ3) is 8.21. The van der Waals surface area contributed by atoms with Gasteiger partial charge in [-0.1, -0.05) is 34.1 Å². The number of amides is 1. The molecule has 0 heterocycles. The smallest absolute Gasteiger partial charge is 0.267 e. The fourth-order valence-electron chi connectivity index (χ4n) is 2.01. The van der Waals surface area contributed by atoms with Crippen molar-refractivity contribution in [2.24, 2.45) is 11.3 Å². The highest BCUT2D eigenvalue weighted by molar-refractivity contribution is 7.85. The van der Waals surface area contributed by atoms with E-state index in [2.05, 4.69) is 26.1 Å². The number of carbonyl (C=O) groups is 1. The van der Waals surface area contributed by atoms with Crippen LogP contribution in [0.5, 0.6) is 0 Å². The van der Waals surface area contributed by atoms with E-state index < -0.39 is 21.4 Å². The summed E-state index contributed by atoms with van der Waals surface area (Å²) < 4.78 is 30.6. The Morgan fingerprint density at radius 2 is 1.74 bits per heavy atom. The molecular weight excluding hydrogens is 266 g/mol. The molecule has 2 N–H and O–H groups in total. The van der Waals surface area contributed by atoms with Gasteiger partial charge in [-0.2, -0.15) is 8.42 Å². The van der Waals surface area contributed by atoms with E-state index in [1.807, 2.05) is 6.92 Å². The first-order valence-electron chi connectivity index (χ1n) is 6.55. The van der Waals surface area contributed by atoms with Gasteiger partial charge in [-0.15, -0.1) is 0 Å². The fraction of sp³-hybridized carbons (Fsp3) is 0.923. The monoisotopic (exact) mass is 293 g/mol. The molecule has 0 rings (SSSR count). The number of carbonyl (C=O) groups excluding carboxylic acids is 1. The minimum Gasteiger partial charge on any atom is -0.350 e. The van der Waals surface area contributed by atoms with Gasteiger partial charge in [0.1, 0.15) is 0 Å². The maximum Gasteiger partial charge on any atom is 0.267 e. The molecule has 0 spiro atoms. The molecule has 0 aliphatic heterocycles. The molecule has 0 aromatic carbocycles. The maximum atomic E-state index is 12.1. The molecule has 0 aliphatic rings. The second-order valence-corrected chi connectivity index (χ2v) is 8.17. The first-order chi connectivity index (χ1) is 8.28. The largest absolute Gasteiger partial charge is 0.350 e. The van der Waals surface area contributed by atoms with Gasteiger partial charge in [0.15, 0.2) is 0 Å². The van der Waals surface area contributed by atoms with Gasteiger partial charge in [0.25, 0.3) is 10.1 Å². The van der Waals surface area contributed by atoms with E-state index in [0.717, 1.165) is 12.8 Å². The minimum atomic E-state index is -4.11. The normalized spacial score (nSPS) is 15.1. The Hall–Kier alpha value is -0.620. The highest BCUT2D eigenvalue weighted by Crippen LogP contribution is 2.29. The van der Waals surface area contributed by atoms with Crippen molar-refractivity contribution in [3.05, 3.63) is 0 Å². The van der Waals surface area contributed by atoms with Crippen molar-refractivity contribution < 1.29 is 17.8 Å². The van der Waals surface area contributed by atoms with Gasteiger partial charge >= 0.3 is 0 Å². The molecule has 5 nitrogen and oxygen atoms in total. The standard InChI is InChI=1S/C13H27NO4S/c1-7-12(3,4)8-10(2)11(15)14-13(5,6)9-19(16,17)18/h10H,7-9H2,1-6H3,(H,14,15)(H,16,17,18). The number of hydrogen-bond acceptors (Lipinski definition) is 3. The SMILES string of the molecule is CCC(C)(C)CC(C)C(=O)NC(C)(C)CS(=O)(=O)O. The summed E-state index contributed by atoms with van der Waals surface area (Å²) in [5.41, 5.74) is -0.904. The van der Waals surface area contributed by atoms with Gasteiger partial charge in [0, 0.05) is 5.92 Å². The molecule has 1 amide bonds. The van der Waals surface area contributed by atoms with Crippen molar-refractivity contribution >= 4 is 16.0 Å². The second-order valence-electron chi connectivity index (χ2n) is 6.72. The third-order valence-electron chi connectivity index (χ3n) is 3.27. The van der Waals surface area contributed by atoms with Crippen LogP contribution in [0.3, 0.4) is 0 Å².